The summed E-state index contributed by atoms with van der Waals surface area (Å²) in [4.78, 5) is 13.1. The molecule has 2 saturated heterocycles. The third-order valence-corrected chi connectivity index (χ3v) is 4.42. The molecule has 0 unspecified atom stereocenters. The number of piperidine rings is 1. The minimum absolute atomic E-state index is 0.101. The average molecular weight is 271 g/mol. The van der Waals surface area contributed by atoms with Crippen molar-refractivity contribution in [3.63, 3.8) is 0 Å². The van der Waals surface area contributed by atoms with Crippen molar-refractivity contribution in [1.82, 2.24) is 4.90 Å². The number of aliphatic hydroxyl groups excluding tert-OH is 2. The highest BCUT2D eigenvalue weighted by molar-refractivity contribution is 5.77. The predicted molar refractivity (Wildman–Crippen MR) is 70.6 cm³/mol. The van der Waals surface area contributed by atoms with E-state index < -0.39 is 6.61 Å². The second-order valence-electron chi connectivity index (χ2n) is 6.22. The largest absolute Gasteiger partial charge is 0.393 e. The van der Waals surface area contributed by atoms with Gasteiger partial charge in [0.05, 0.1) is 17.8 Å². The lowest BCUT2D eigenvalue weighted by molar-refractivity contribution is -0.194. The van der Waals surface area contributed by atoms with Gasteiger partial charge in [0.1, 0.15) is 6.61 Å². The Morgan fingerprint density at radius 1 is 1.42 bits per heavy atom. The molecule has 2 rings (SSSR count). The molecule has 0 bridgehead atoms. The maximum atomic E-state index is 11.5. The van der Waals surface area contributed by atoms with Crippen molar-refractivity contribution in [3.05, 3.63) is 0 Å². The molecule has 0 aromatic rings. The molecule has 2 aliphatic rings. The first kappa shape index (κ1) is 14.8. The van der Waals surface area contributed by atoms with E-state index in [1.807, 2.05) is 0 Å². The summed E-state index contributed by atoms with van der Waals surface area (Å²) in [6, 6.07) is 0. The third-order valence-electron chi connectivity index (χ3n) is 4.42. The monoisotopic (exact) mass is 271 g/mol. The second-order valence-corrected chi connectivity index (χ2v) is 6.22. The van der Waals surface area contributed by atoms with Crippen molar-refractivity contribution in [3.8, 4) is 0 Å². The number of likely N-dealkylation sites (tertiary alicyclic amines) is 1. The molecule has 110 valence electrons. The lowest BCUT2D eigenvalue weighted by Gasteiger charge is -2.48. The number of carbonyl (C=O) groups is 1. The molecular weight excluding hydrogens is 246 g/mol. The van der Waals surface area contributed by atoms with Crippen LogP contribution in [0.15, 0.2) is 0 Å². The van der Waals surface area contributed by atoms with E-state index in [4.69, 9.17) is 9.84 Å². The summed E-state index contributed by atoms with van der Waals surface area (Å²) in [5, 5.41) is 18.9. The Morgan fingerprint density at radius 2 is 2.05 bits per heavy atom. The van der Waals surface area contributed by atoms with Gasteiger partial charge in [0.2, 0.25) is 5.91 Å². The van der Waals surface area contributed by atoms with Gasteiger partial charge in [-0.15, -0.1) is 0 Å². The molecule has 0 aromatic carbocycles. The van der Waals surface area contributed by atoms with E-state index in [1.54, 1.807) is 4.90 Å². The SMILES string of the molecule is CC(C)[C@H]1C[C@@H](O)CC2(CCN(C(=O)CO)CC2)O1. The summed E-state index contributed by atoms with van der Waals surface area (Å²) in [5.41, 5.74) is -0.279. The van der Waals surface area contributed by atoms with Crippen molar-refractivity contribution in [2.45, 2.75) is 57.3 Å². The van der Waals surface area contributed by atoms with Crippen molar-refractivity contribution in [1.29, 1.82) is 0 Å². The number of rotatable bonds is 2. The van der Waals surface area contributed by atoms with Gasteiger partial charge in [-0.3, -0.25) is 4.79 Å². The van der Waals surface area contributed by atoms with Crippen LogP contribution >= 0.6 is 0 Å². The van der Waals surface area contributed by atoms with Crippen LogP contribution in [-0.2, 0) is 9.53 Å². The van der Waals surface area contributed by atoms with Gasteiger partial charge < -0.3 is 19.8 Å². The number of carbonyl (C=O) groups excluding carboxylic acids is 1. The number of hydrogen-bond donors (Lipinski definition) is 2. The highest BCUT2D eigenvalue weighted by Crippen LogP contribution is 2.39. The van der Waals surface area contributed by atoms with Crippen LogP contribution in [-0.4, -0.2) is 58.5 Å². The van der Waals surface area contributed by atoms with Gasteiger partial charge >= 0.3 is 0 Å². The van der Waals surface area contributed by atoms with Crippen LogP contribution in [0, 0.1) is 5.92 Å². The number of amides is 1. The molecule has 2 heterocycles. The van der Waals surface area contributed by atoms with Gasteiger partial charge in [0.15, 0.2) is 0 Å². The summed E-state index contributed by atoms with van der Waals surface area (Å²) < 4.78 is 6.25. The molecule has 2 atom stereocenters. The number of ether oxygens (including phenoxy) is 1. The molecule has 2 fully saturated rings. The Hall–Kier alpha value is -0.650. The molecule has 0 aromatic heterocycles. The minimum Gasteiger partial charge on any atom is -0.393 e. The maximum absolute atomic E-state index is 11.5. The first-order valence-electron chi connectivity index (χ1n) is 7.20. The fourth-order valence-corrected chi connectivity index (χ4v) is 3.19. The molecular formula is C14H25NO4. The molecule has 2 aliphatic heterocycles. The lowest BCUT2D eigenvalue weighted by atomic mass is 9.80. The van der Waals surface area contributed by atoms with Gasteiger partial charge in [0, 0.05) is 19.5 Å². The van der Waals surface area contributed by atoms with Crippen LogP contribution in [0.1, 0.15) is 39.5 Å². The van der Waals surface area contributed by atoms with Crippen molar-refractivity contribution in [2.75, 3.05) is 19.7 Å². The van der Waals surface area contributed by atoms with Gasteiger partial charge in [-0.1, -0.05) is 13.8 Å². The van der Waals surface area contributed by atoms with Crippen LogP contribution in [0.4, 0.5) is 0 Å². The number of aliphatic hydroxyl groups is 2. The fourth-order valence-electron chi connectivity index (χ4n) is 3.19. The highest BCUT2D eigenvalue weighted by atomic mass is 16.5. The first-order chi connectivity index (χ1) is 8.96. The Kier molecular flexibility index (Phi) is 4.48. The second kappa shape index (κ2) is 5.77. The van der Waals surface area contributed by atoms with Gasteiger partial charge in [-0.2, -0.15) is 0 Å². The summed E-state index contributed by atoms with van der Waals surface area (Å²) in [5.74, 6) is 0.176. The van der Waals surface area contributed by atoms with Crippen LogP contribution in [0.5, 0.6) is 0 Å². The Balaban J connectivity index is 1.98. The molecule has 0 saturated carbocycles. The molecule has 1 spiro atoms. The quantitative estimate of drug-likeness (QED) is 0.769. The van der Waals surface area contributed by atoms with Crippen molar-refractivity contribution in [2.24, 2.45) is 5.92 Å². The smallest absolute Gasteiger partial charge is 0.248 e. The summed E-state index contributed by atoms with van der Waals surface area (Å²) >= 11 is 0. The van der Waals surface area contributed by atoms with E-state index in [0.717, 1.165) is 12.8 Å². The van der Waals surface area contributed by atoms with Crippen molar-refractivity contribution >= 4 is 5.91 Å². The van der Waals surface area contributed by atoms with E-state index in [0.29, 0.717) is 31.8 Å². The first-order valence-corrected chi connectivity index (χ1v) is 7.20. The van der Waals surface area contributed by atoms with E-state index in [1.165, 1.54) is 0 Å². The summed E-state index contributed by atoms with van der Waals surface area (Å²) in [6.07, 6.45) is 2.67. The van der Waals surface area contributed by atoms with E-state index >= 15 is 0 Å². The topological polar surface area (TPSA) is 70.0 Å². The number of hydrogen-bond acceptors (Lipinski definition) is 4. The number of nitrogens with zero attached hydrogens (tertiary/aromatic N) is 1. The Bertz CT molecular complexity index is 323. The third kappa shape index (κ3) is 3.27. The summed E-state index contributed by atoms with van der Waals surface area (Å²) in [6.45, 7) is 5.01. The molecule has 5 heteroatoms. The Labute approximate surface area is 114 Å². The molecule has 0 aliphatic carbocycles. The van der Waals surface area contributed by atoms with Gasteiger partial charge in [0.25, 0.3) is 0 Å². The zero-order valence-electron chi connectivity index (χ0n) is 11.8. The molecule has 2 N–H and O–H groups in total. The van der Waals surface area contributed by atoms with Crippen LogP contribution < -0.4 is 0 Å². The molecule has 0 radical (unpaired) electrons. The average Bonchev–Trinajstić information content (AvgIpc) is 2.37. The highest BCUT2D eigenvalue weighted by Gasteiger charge is 2.44. The zero-order chi connectivity index (χ0) is 14.0. The standard InChI is InChI=1S/C14H25NO4/c1-10(2)12-7-11(17)8-14(19-12)3-5-15(6-4-14)13(18)9-16/h10-12,16-17H,3-9H2,1-2H3/t11-,12-/m1/s1. The zero-order valence-corrected chi connectivity index (χ0v) is 11.8. The maximum Gasteiger partial charge on any atom is 0.248 e. The predicted octanol–water partition coefficient (Wildman–Crippen LogP) is 0.536. The van der Waals surface area contributed by atoms with Crippen molar-refractivity contribution < 1.29 is 19.7 Å². The van der Waals surface area contributed by atoms with E-state index in [2.05, 4.69) is 13.8 Å². The fraction of sp³-hybridized carbons (Fsp3) is 0.929. The van der Waals surface area contributed by atoms with Crippen LogP contribution in [0.2, 0.25) is 0 Å². The van der Waals surface area contributed by atoms with Gasteiger partial charge in [-0.25, -0.2) is 0 Å². The molecule has 19 heavy (non-hydrogen) atoms. The van der Waals surface area contributed by atoms with Crippen LogP contribution in [0.3, 0.4) is 0 Å². The molecule has 1 amide bonds. The summed E-state index contributed by atoms with van der Waals surface area (Å²) in [7, 11) is 0. The minimum atomic E-state index is -0.425. The van der Waals surface area contributed by atoms with Crippen LogP contribution in [0.25, 0.3) is 0 Å². The Morgan fingerprint density at radius 3 is 2.58 bits per heavy atom. The lowest BCUT2D eigenvalue weighted by Crippen LogP contribution is -2.54. The normalized spacial score (nSPS) is 30.9. The molecule has 5 nitrogen and oxygen atoms in total. The van der Waals surface area contributed by atoms with E-state index in [-0.39, 0.29) is 23.7 Å². The van der Waals surface area contributed by atoms with E-state index in [9.17, 15) is 9.90 Å². The van der Waals surface area contributed by atoms with Gasteiger partial charge in [-0.05, 0) is 25.2 Å².